The molecule has 0 saturated heterocycles. The Balaban J connectivity index is 2.25. The molecule has 1 atom stereocenters. The van der Waals surface area contributed by atoms with E-state index in [1.165, 1.54) is 12.1 Å². The van der Waals surface area contributed by atoms with Gasteiger partial charge in [0.1, 0.15) is 6.10 Å². The molecule has 1 N–H and O–H groups in total. The largest absolute Gasteiger partial charge is 0.416 e. The monoisotopic (exact) mass is 294 g/mol. The number of benzene rings is 2. The van der Waals surface area contributed by atoms with Gasteiger partial charge in [-0.1, -0.05) is 49.7 Å². The number of halogens is 3. The van der Waals surface area contributed by atoms with Crippen LogP contribution in [0.4, 0.5) is 13.2 Å². The summed E-state index contributed by atoms with van der Waals surface area (Å²) in [4.78, 5) is 0. The van der Waals surface area contributed by atoms with Crippen LogP contribution in [0, 0.1) is 0 Å². The molecule has 0 heterocycles. The van der Waals surface area contributed by atoms with Crippen LogP contribution in [0.2, 0.25) is 0 Å². The van der Waals surface area contributed by atoms with Crippen LogP contribution in [-0.4, -0.2) is 5.11 Å². The second kappa shape index (κ2) is 6.31. The number of alkyl halides is 3. The van der Waals surface area contributed by atoms with E-state index in [4.69, 9.17) is 0 Å². The Kier molecular flexibility index (Phi) is 4.68. The zero-order valence-electron chi connectivity index (χ0n) is 11.7. The third-order valence-electron chi connectivity index (χ3n) is 3.36. The summed E-state index contributed by atoms with van der Waals surface area (Å²) in [5.74, 6) is 0. The van der Waals surface area contributed by atoms with Gasteiger partial charge in [-0.15, -0.1) is 0 Å². The van der Waals surface area contributed by atoms with E-state index in [0.29, 0.717) is 5.56 Å². The number of hydrogen-bond acceptors (Lipinski definition) is 1. The van der Waals surface area contributed by atoms with E-state index in [1.807, 2.05) is 12.1 Å². The molecule has 0 aliphatic carbocycles. The lowest BCUT2D eigenvalue weighted by Gasteiger charge is -2.14. The topological polar surface area (TPSA) is 20.2 Å². The molecule has 1 unspecified atom stereocenters. The van der Waals surface area contributed by atoms with Crippen molar-refractivity contribution in [2.45, 2.75) is 32.0 Å². The van der Waals surface area contributed by atoms with Gasteiger partial charge in [-0.05, 0) is 35.2 Å². The van der Waals surface area contributed by atoms with Crippen molar-refractivity contribution >= 4 is 0 Å². The molecule has 0 saturated carbocycles. The van der Waals surface area contributed by atoms with Crippen LogP contribution in [0.3, 0.4) is 0 Å². The molecule has 0 fully saturated rings. The Morgan fingerprint density at radius 1 is 1.00 bits per heavy atom. The summed E-state index contributed by atoms with van der Waals surface area (Å²) in [6.07, 6.45) is -3.49. The van der Waals surface area contributed by atoms with Crippen molar-refractivity contribution in [1.82, 2.24) is 0 Å². The molecule has 112 valence electrons. The summed E-state index contributed by atoms with van der Waals surface area (Å²) < 4.78 is 38.1. The van der Waals surface area contributed by atoms with Crippen LogP contribution < -0.4 is 0 Å². The lowest BCUT2D eigenvalue weighted by molar-refractivity contribution is -0.137. The Labute approximate surface area is 122 Å². The van der Waals surface area contributed by atoms with E-state index in [-0.39, 0.29) is 5.56 Å². The number of rotatable bonds is 4. The summed E-state index contributed by atoms with van der Waals surface area (Å²) in [6.45, 7) is 2.07. The van der Waals surface area contributed by atoms with Crippen LogP contribution in [0.25, 0.3) is 0 Å². The van der Waals surface area contributed by atoms with Crippen molar-refractivity contribution in [1.29, 1.82) is 0 Å². The maximum absolute atomic E-state index is 12.7. The van der Waals surface area contributed by atoms with Crippen LogP contribution in [0.15, 0.2) is 48.5 Å². The molecule has 0 bridgehead atoms. The summed E-state index contributed by atoms with van der Waals surface area (Å²) in [5.41, 5.74) is 1.24. The van der Waals surface area contributed by atoms with Gasteiger partial charge in [0.2, 0.25) is 0 Å². The normalized spacial score (nSPS) is 13.2. The first-order valence-electron chi connectivity index (χ1n) is 6.86. The van der Waals surface area contributed by atoms with Gasteiger partial charge in [-0.25, -0.2) is 0 Å². The predicted octanol–water partition coefficient (Wildman–Crippen LogP) is 4.74. The van der Waals surface area contributed by atoms with E-state index in [1.54, 1.807) is 12.1 Å². The SMILES string of the molecule is CCCc1ccc(C(O)c2cccc(C(F)(F)F)c2)cc1. The molecule has 0 aliphatic rings. The van der Waals surface area contributed by atoms with Gasteiger partial charge in [-0.3, -0.25) is 0 Å². The molecule has 0 radical (unpaired) electrons. The van der Waals surface area contributed by atoms with Crippen LogP contribution in [0.1, 0.15) is 41.7 Å². The van der Waals surface area contributed by atoms with Gasteiger partial charge in [0.15, 0.2) is 0 Å². The highest BCUT2D eigenvalue weighted by molar-refractivity contribution is 5.34. The van der Waals surface area contributed by atoms with Gasteiger partial charge in [0.25, 0.3) is 0 Å². The fourth-order valence-electron chi connectivity index (χ4n) is 2.23. The second-order valence-corrected chi connectivity index (χ2v) is 5.02. The molecular formula is C17H17F3O. The number of aryl methyl sites for hydroxylation is 1. The molecule has 4 heteroatoms. The van der Waals surface area contributed by atoms with Crippen LogP contribution in [0.5, 0.6) is 0 Å². The molecule has 0 aliphatic heterocycles. The van der Waals surface area contributed by atoms with E-state index in [2.05, 4.69) is 6.92 Å². The van der Waals surface area contributed by atoms with Gasteiger partial charge < -0.3 is 5.11 Å². The molecule has 2 aromatic carbocycles. The number of aliphatic hydroxyl groups is 1. The van der Waals surface area contributed by atoms with Crippen molar-refractivity contribution in [2.24, 2.45) is 0 Å². The Morgan fingerprint density at radius 2 is 1.67 bits per heavy atom. The van der Waals surface area contributed by atoms with Crippen LogP contribution in [-0.2, 0) is 12.6 Å². The van der Waals surface area contributed by atoms with Gasteiger partial charge >= 0.3 is 6.18 Å². The standard InChI is InChI=1S/C17H17F3O/c1-2-4-12-7-9-13(10-8-12)16(21)14-5-3-6-15(11-14)17(18,19)20/h3,5-11,16,21H,2,4H2,1H3. The number of aliphatic hydroxyl groups excluding tert-OH is 1. The highest BCUT2D eigenvalue weighted by Crippen LogP contribution is 2.32. The van der Waals surface area contributed by atoms with Gasteiger partial charge in [0, 0.05) is 0 Å². The van der Waals surface area contributed by atoms with E-state index >= 15 is 0 Å². The highest BCUT2D eigenvalue weighted by atomic mass is 19.4. The average molecular weight is 294 g/mol. The van der Waals surface area contributed by atoms with Crippen molar-refractivity contribution in [3.8, 4) is 0 Å². The van der Waals surface area contributed by atoms with Crippen LogP contribution >= 0.6 is 0 Å². The minimum absolute atomic E-state index is 0.244. The molecule has 1 nitrogen and oxygen atoms in total. The van der Waals surface area contributed by atoms with E-state index in [9.17, 15) is 18.3 Å². The number of hydrogen-bond donors (Lipinski definition) is 1. The van der Waals surface area contributed by atoms with E-state index < -0.39 is 17.8 Å². The quantitative estimate of drug-likeness (QED) is 0.863. The summed E-state index contributed by atoms with van der Waals surface area (Å²) >= 11 is 0. The van der Waals surface area contributed by atoms with Crippen molar-refractivity contribution < 1.29 is 18.3 Å². The zero-order valence-corrected chi connectivity index (χ0v) is 11.7. The molecule has 0 amide bonds. The lowest BCUT2D eigenvalue weighted by Crippen LogP contribution is -2.07. The molecule has 2 rings (SSSR count). The van der Waals surface area contributed by atoms with Crippen molar-refractivity contribution in [3.63, 3.8) is 0 Å². The Morgan fingerprint density at radius 3 is 2.24 bits per heavy atom. The summed E-state index contributed by atoms with van der Waals surface area (Å²) in [6, 6.07) is 12.1. The first kappa shape index (κ1) is 15.6. The van der Waals surface area contributed by atoms with E-state index in [0.717, 1.165) is 30.5 Å². The fraction of sp³-hybridized carbons (Fsp3) is 0.294. The predicted molar refractivity (Wildman–Crippen MR) is 75.9 cm³/mol. The molecular weight excluding hydrogens is 277 g/mol. The highest BCUT2D eigenvalue weighted by Gasteiger charge is 2.30. The molecule has 0 spiro atoms. The fourth-order valence-corrected chi connectivity index (χ4v) is 2.23. The van der Waals surface area contributed by atoms with Crippen molar-refractivity contribution in [3.05, 3.63) is 70.8 Å². The molecule has 2 aromatic rings. The van der Waals surface area contributed by atoms with Gasteiger partial charge in [-0.2, -0.15) is 13.2 Å². The second-order valence-electron chi connectivity index (χ2n) is 5.02. The maximum Gasteiger partial charge on any atom is 0.416 e. The minimum atomic E-state index is -4.40. The lowest BCUT2D eigenvalue weighted by atomic mass is 9.98. The van der Waals surface area contributed by atoms with Crippen molar-refractivity contribution in [2.75, 3.05) is 0 Å². The summed E-state index contributed by atoms with van der Waals surface area (Å²) in [7, 11) is 0. The zero-order chi connectivity index (χ0) is 15.5. The van der Waals surface area contributed by atoms with Gasteiger partial charge in [0.05, 0.1) is 5.56 Å². The third kappa shape index (κ3) is 3.85. The summed E-state index contributed by atoms with van der Waals surface area (Å²) in [5, 5.41) is 10.2. The Bertz CT molecular complexity index is 588. The first-order chi connectivity index (χ1) is 9.91. The average Bonchev–Trinajstić information content (AvgIpc) is 2.47. The molecule has 21 heavy (non-hydrogen) atoms. The minimum Gasteiger partial charge on any atom is -0.384 e. The third-order valence-corrected chi connectivity index (χ3v) is 3.36. The maximum atomic E-state index is 12.7. The smallest absolute Gasteiger partial charge is 0.384 e. The molecule has 0 aromatic heterocycles. The first-order valence-corrected chi connectivity index (χ1v) is 6.86. The Hall–Kier alpha value is -1.81.